The molecule has 0 amide bonds. The molecule has 0 aromatic heterocycles. The zero-order valence-corrected chi connectivity index (χ0v) is 10.3. The van der Waals surface area contributed by atoms with Crippen LogP contribution in [-0.4, -0.2) is 24.7 Å². The number of nitro benzene ring substituents is 1. The Labute approximate surface area is 105 Å². The molecule has 6 heteroatoms. The molecule has 17 heavy (non-hydrogen) atoms. The van der Waals surface area contributed by atoms with Crippen LogP contribution in [0.5, 0.6) is 0 Å². The highest BCUT2D eigenvalue weighted by atomic mass is 35.5. The highest BCUT2D eigenvalue weighted by Gasteiger charge is 2.17. The van der Waals surface area contributed by atoms with Gasteiger partial charge in [0.15, 0.2) is 0 Å². The minimum absolute atomic E-state index is 0.0436. The van der Waals surface area contributed by atoms with E-state index in [2.05, 4.69) is 0 Å². The summed E-state index contributed by atoms with van der Waals surface area (Å²) in [6.45, 7) is 0.429. The maximum absolute atomic E-state index is 10.8. The summed E-state index contributed by atoms with van der Waals surface area (Å²) in [6.07, 6.45) is 1.07. The van der Waals surface area contributed by atoms with E-state index in [0.717, 1.165) is 0 Å². The Morgan fingerprint density at radius 2 is 2.29 bits per heavy atom. The molecule has 1 atom stereocenters. The minimum Gasteiger partial charge on any atom is -0.383 e. The first kappa shape index (κ1) is 13.9. The van der Waals surface area contributed by atoms with Gasteiger partial charge in [-0.2, -0.15) is 0 Å². The van der Waals surface area contributed by atoms with Crippen molar-refractivity contribution in [3.8, 4) is 0 Å². The number of halogens is 1. The van der Waals surface area contributed by atoms with Crippen molar-refractivity contribution >= 4 is 17.3 Å². The third-order valence-electron chi connectivity index (χ3n) is 2.44. The predicted octanol–water partition coefficient (Wildman–Crippen LogP) is 2.15. The SMILES string of the molecule is COCC(N)CCc1c(Cl)cccc1[N+](=O)[O-]. The Bertz CT molecular complexity index is 398. The molecule has 0 radical (unpaired) electrons. The standard InChI is InChI=1S/C11H15ClN2O3/c1-17-7-8(13)5-6-9-10(12)3-2-4-11(9)14(15)16/h2-4,8H,5-7,13H2,1H3. The third-order valence-corrected chi connectivity index (χ3v) is 2.79. The molecule has 0 aliphatic carbocycles. The predicted molar refractivity (Wildman–Crippen MR) is 66.3 cm³/mol. The van der Waals surface area contributed by atoms with Crippen LogP contribution in [0, 0.1) is 10.1 Å². The van der Waals surface area contributed by atoms with E-state index in [1.54, 1.807) is 19.2 Å². The highest BCUT2D eigenvalue weighted by Crippen LogP contribution is 2.27. The van der Waals surface area contributed by atoms with Crippen LogP contribution in [0.4, 0.5) is 5.69 Å². The molecule has 0 aliphatic rings. The average Bonchev–Trinajstić information content (AvgIpc) is 2.27. The van der Waals surface area contributed by atoms with Gasteiger partial charge in [-0.25, -0.2) is 0 Å². The summed E-state index contributed by atoms with van der Waals surface area (Å²) in [5.41, 5.74) is 6.35. The van der Waals surface area contributed by atoms with E-state index >= 15 is 0 Å². The molecule has 1 aromatic carbocycles. The van der Waals surface area contributed by atoms with Crippen molar-refractivity contribution in [1.29, 1.82) is 0 Å². The number of hydrogen-bond acceptors (Lipinski definition) is 4. The highest BCUT2D eigenvalue weighted by molar-refractivity contribution is 6.31. The number of hydrogen-bond donors (Lipinski definition) is 1. The molecular formula is C11H15ClN2O3. The van der Waals surface area contributed by atoms with Crippen LogP contribution in [-0.2, 0) is 11.2 Å². The molecule has 0 saturated heterocycles. The molecular weight excluding hydrogens is 244 g/mol. The fraction of sp³-hybridized carbons (Fsp3) is 0.455. The number of nitrogens with zero attached hydrogens (tertiary/aromatic N) is 1. The lowest BCUT2D eigenvalue weighted by atomic mass is 10.0. The van der Waals surface area contributed by atoms with Gasteiger partial charge < -0.3 is 10.5 Å². The third kappa shape index (κ3) is 3.96. The average molecular weight is 259 g/mol. The van der Waals surface area contributed by atoms with Crippen LogP contribution in [0.15, 0.2) is 18.2 Å². The second-order valence-corrected chi connectivity index (χ2v) is 4.16. The first-order chi connectivity index (χ1) is 8.06. The molecule has 1 unspecified atom stereocenters. The number of rotatable bonds is 6. The van der Waals surface area contributed by atoms with Gasteiger partial charge in [-0.3, -0.25) is 10.1 Å². The summed E-state index contributed by atoms with van der Waals surface area (Å²) in [4.78, 5) is 10.4. The Morgan fingerprint density at radius 1 is 1.59 bits per heavy atom. The molecule has 1 aromatic rings. The molecule has 0 heterocycles. The van der Waals surface area contributed by atoms with Crippen LogP contribution in [0.2, 0.25) is 5.02 Å². The summed E-state index contributed by atoms with van der Waals surface area (Å²) >= 11 is 5.96. The van der Waals surface area contributed by atoms with Crippen LogP contribution in [0.1, 0.15) is 12.0 Å². The topological polar surface area (TPSA) is 78.4 Å². The lowest BCUT2D eigenvalue weighted by Crippen LogP contribution is -2.26. The van der Waals surface area contributed by atoms with Gasteiger partial charge in [0.25, 0.3) is 5.69 Å². The van der Waals surface area contributed by atoms with Crippen molar-refractivity contribution in [2.45, 2.75) is 18.9 Å². The summed E-state index contributed by atoms with van der Waals surface area (Å²) in [7, 11) is 1.57. The fourth-order valence-electron chi connectivity index (χ4n) is 1.59. The van der Waals surface area contributed by atoms with Crippen LogP contribution >= 0.6 is 11.6 Å². The van der Waals surface area contributed by atoms with Gasteiger partial charge in [-0.05, 0) is 18.9 Å². The molecule has 0 aliphatic heterocycles. The molecule has 94 valence electrons. The second-order valence-electron chi connectivity index (χ2n) is 3.75. The van der Waals surface area contributed by atoms with Crippen molar-refractivity contribution in [3.63, 3.8) is 0 Å². The van der Waals surface area contributed by atoms with E-state index in [1.165, 1.54) is 6.07 Å². The van der Waals surface area contributed by atoms with Crippen LogP contribution in [0.3, 0.4) is 0 Å². The second kappa shape index (κ2) is 6.54. The van der Waals surface area contributed by atoms with E-state index in [9.17, 15) is 10.1 Å². The number of nitrogens with two attached hydrogens (primary N) is 1. The van der Waals surface area contributed by atoms with Gasteiger partial charge in [0, 0.05) is 24.8 Å². The summed E-state index contributed by atoms with van der Waals surface area (Å²) in [5, 5.41) is 11.2. The summed E-state index contributed by atoms with van der Waals surface area (Å²) in [6, 6.07) is 4.52. The zero-order valence-electron chi connectivity index (χ0n) is 9.56. The van der Waals surface area contributed by atoms with Crippen molar-refractivity contribution in [1.82, 2.24) is 0 Å². The van der Waals surface area contributed by atoms with Gasteiger partial charge in [0.05, 0.1) is 16.6 Å². The molecule has 0 fully saturated rings. The first-order valence-corrected chi connectivity index (χ1v) is 5.60. The summed E-state index contributed by atoms with van der Waals surface area (Å²) < 4.78 is 4.91. The lowest BCUT2D eigenvalue weighted by Gasteiger charge is -2.11. The quantitative estimate of drug-likeness (QED) is 0.626. The maximum atomic E-state index is 10.8. The van der Waals surface area contributed by atoms with E-state index in [4.69, 9.17) is 22.1 Å². The zero-order chi connectivity index (χ0) is 12.8. The van der Waals surface area contributed by atoms with E-state index < -0.39 is 4.92 Å². The Morgan fingerprint density at radius 3 is 2.88 bits per heavy atom. The van der Waals surface area contributed by atoms with E-state index in [0.29, 0.717) is 30.0 Å². The van der Waals surface area contributed by atoms with Gasteiger partial charge in [-0.1, -0.05) is 17.7 Å². The van der Waals surface area contributed by atoms with Crippen LogP contribution in [0.25, 0.3) is 0 Å². The number of methoxy groups -OCH3 is 1. The monoisotopic (exact) mass is 258 g/mol. The van der Waals surface area contributed by atoms with Crippen LogP contribution < -0.4 is 5.73 Å². The van der Waals surface area contributed by atoms with Crippen molar-refractivity contribution < 1.29 is 9.66 Å². The Kier molecular flexibility index (Phi) is 5.34. The van der Waals surface area contributed by atoms with Gasteiger partial charge >= 0.3 is 0 Å². The minimum atomic E-state index is -0.428. The van der Waals surface area contributed by atoms with Gasteiger partial charge in [-0.15, -0.1) is 0 Å². The van der Waals surface area contributed by atoms with Crippen molar-refractivity contribution in [3.05, 3.63) is 38.9 Å². The van der Waals surface area contributed by atoms with E-state index in [1.807, 2.05) is 0 Å². The molecule has 2 N–H and O–H groups in total. The first-order valence-electron chi connectivity index (χ1n) is 5.22. The molecule has 1 rings (SSSR count). The largest absolute Gasteiger partial charge is 0.383 e. The molecule has 5 nitrogen and oxygen atoms in total. The molecule has 0 spiro atoms. The maximum Gasteiger partial charge on any atom is 0.274 e. The Balaban J connectivity index is 2.79. The lowest BCUT2D eigenvalue weighted by molar-refractivity contribution is -0.385. The Hall–Kier alpha value is -1.17. The van der Waals surface area contributed by atoms with Gasteiger partial charge in [0.1, 0.15) is 0 Å². The molecule has 0 bridgehead atoms. The van der Waals surface area contributed by atoms with Crippen molar-refractivity contribution in [2.75, 3.05) is 13.7 Å². The smallest absolute Gasteiger partial charge is 0.274 e. The normalized spacial score (nSPS) is 12.4. The fourth-order valence-corrected chi connectivity index (χ4v) is 1.86. The number of nitro groups is 1. The number of benzene rings is 1. The number of ether oxygens (including phenoxy) is 1. The van der Waals surface area contributed by atoms with Crippen molar-refractivity contribution in [2.24, 2.45) is 5.73 Å². The molecule has 0 saturated carbocycles. The van der Waals surface area contributed by atoms with Gasteiger partial charge in [0.2, 0.25) is 0 Å². The van der Waals surface area contributed by atoms with E-state index in [-0.39, 0.29) is 11.7 Å². The summed E-state index contributed by atoms with van der Waals surface area (Å²) in [5.74, 6) is 0.